The van der Waals surface area contributed by atoms with Gasteiger partial charge in [0.1, 0.15) is 11.5 Å². The van der Waals surface area contributed by atoms with Gasteiger partial charge in [0.2, 0.25) is 11.8 Å². The number of anilines is 1. The number of amides is 4. The third kappa shape index (κ3) is 3.08. The molecule has 174 valence electrons. The summed E-state index contributed by atoms with van der Waals surface area (Å²) < 4.78 is 1.49. The summed E-state index contributed by atoms with van der Waals surface area (Å²) >= 11 is 0. The predicted molar refractivity (Wildman–Crippen MR) is 122 cm³/mol. The molecule has 2 aromatic heterocycles. The van der Waals surface area contributed by atoms with Crippen LogP contribution >= 0.6 is 0 Å². The Labute approximate surface area is 191 Å². The molecule has 0 aromatic carbocycles. The summed E-state index contributed by atoms with van der Waals surface area (Å²) in [4.78, 5) is 61.7. The molecular formula is C24H29N5O4. The van der Waals surface area contributed by atoms with E-state index in [-0.39, 0.29) is 18.5 Å². The van der Waals surface area contributed by atoms with Gasteiger partial charge in [0.15, 0.2) is 5.41 Å². The normalized spacial score (nSPS) is 25.2. The Morgan fingerprint density at radius 2 is 2.00 bits per heavy atom. The molecule has 2 saturated heterocycles. The number of aromatic nitrogens is 2. The lowest BCUT2D eigenvalue weighted by Crippen LogP contribution is -2.72. The first kappa shape index (κ1) is 21.6. The summed E-state index contributed by atoms with van der Waals surface area (Å²) in [5.41, 5.74) is 0.0481. The van der Waals surface area contributed by atoms with Gasteiger partial charge in [0.25, 0.3) is 5.56 Å². The zero-order chi connectivity index (χ0) is 23.3. The number of carbonyl (C=O) groups is 3. The van der Waals surface area contributed by atoms with Crippen molar-refractivity contribution in [2.45, 2.75) is 64.8 Å². The Balaban J connectivity index is 1.74. The molecule has 0 bridgehead atoms. The first-order chi connectivity index (χ1) is 15.9. The van der Waals surface area contributed by atoms with Gasteiger partial charge in [0.05, 0.1) is 11.6 Å². The molecule has 4 amide bonds. The maximum Gasteiger partial charge on any atom is 0.330 e. The zero-order valence-electron chi connectivity index (χ0n) is 19.1. The van der Waals surface area contributed by atoms with E-state index < -0.39 is 29.3 Å². The van der Waals surface area contributed by atoms with Crippen LogP contribution in [0.3, 0.4) is 0 Å². The third-order valence-corrected chi connectivity index (χ3v) is 7.40. The third-order valence-electron chi connectivity index (χ3n) is 7.40. The lowest BCUT2D eigenvalue weighted by atomic mass is 9.68. The van der Waals surface area contributed by atoms with Crippen molar-refractivity contribution in [1.29, 1.82) is 0 Å². The number of carbonyl (C=O) groups excluding carboxylic acids is 3. The lowest BCUT2D eigenvalue weighted by Gasteiger charge is -2.50. The van der Waals surface area contributed by atoms with Crippen LogP contribution in [0.1, 0.15) is 56.6 Å². The van der Waals surface area contributed by atoms with E-state index in [4.69, 9.17) is 4.98 Å². The minimum atomic E-state index is -1.52. The average molecular weight is 452 g/mol. The highest BCUT2D eigenvalue weighted by Crippen LogP contribution is 2.45. The molecule has 0 radical (unpaired) electrons. The van der Waals surface area contributed by atoms with Gasteiger partial charge in [-0.3, -0.25) is 29.0 Å². The summed E-state index contributed by atoms with van der Waals surface area (Å²) in [6, 6.07) is 2.58. The number of imide groups is 2. The number of nitrogens with zero attached hydrogens (tertiary/aromatic N) is 4. The van der Waals surface area contributed by atoms with Crippen molar-refractivity contribution >= 4 is 29.3 Å². The summed E-state index contributed by atoms with van der Waals surface area (Å²) in [5.74, 6) is -0.507. The molecule has 3 aliphatic rings. The molecule has 1 N–H and O–H groups in total. The lowest BCUT2D eigenvalue weighted by molar-refractivity contribution is -0.153. The van der Waals surface area contributed by atoms with E-state index in [1.165, 1.54) is 9.30 Å². The molecule has 2 unspecified atom stereocenters. The minimum absolute atomic E-state index is 0.0488. The standard InChI is InChI=1S/C24H29N5O4/c1-3-4-11-29-22(32)24(21(31)26-23(29)33)14-16-19(27-12-7-5-6-10-17(24)27)25-18-15(2)9-8-13-28(18)20(16)30/h8-9,13,17H,3-7,10-12,14H2,1-2H3,(H,26,31,33). The SMILES string of the molecule is CCCCN1C(=O)NC(=O)C2(Cc3c(nc4c(C)cccn4c3=O)N3CCCCCC32)C1=O. The van der Waals surface area contributed by atoms with Crippen molar-refractivity contribution in [2.24, 2.45) is 5.41 Å². The number of nitrogens with one attached hydrogen (secondary N) is 1. The van der Waals surface area contributed by atoms with Gasteiger partial charge in [-0.25, -0.2) is 9.78 Å². The Morgan fingerprint density at radius 1 is 1.18 bits per heavy atom. The summed E-state index contributed by atoms with van der Waals surface area (Å²) in [5, 5.41) is 2.45. The van der Waals surface area contributed by atoms with Crippen molar-refractivity contribution in [1.82, 2.24) is 19.6 Å². The first-order valence-corrected chi connectivity index (χ1v) is 11.8. The molecule has 5 rings (SSSR count). The molecule has 9 heteroatoms. The molecule has 2 aromatic rings. The Kier molecular flexibility index (Phi) is 5.22. The fourth-order valence-corrected chi connectivity index (χ4v) is 5.66. The largest absolute Gasteiger partial charge is 0.352 e. The molecule has 1 spiro atoms. The molecule has 2 fully saturated rings. The number of rotatable bonds is 3. The number of urea groups is 1. The molecule has 33 heavy (non-hydrogen) atoms. The number of hydrogen-bond donors (Lipinski definition) is 1. The van der Waals surface area contributed by atoms with Crippen molar-refractivity contribution in [3.8, 4) is 0 Å². The molecular weight excluding hydrogens is 422 g/mol. The fraction of sp³-hybridized carbons (Fsp3) is 0.542. The smallest absolute Gasteiger partial charge is 0.330 e. The topological polar surface area (TPSA) is 104 Å². The van der Waals surface area contributed by atoms with Crippen molar-refractivity contribution in [3.63, 3.8) is 0 Å². The summed E-state index contributed by atoms with van der Waals surface area (Å²) in [7, 11) is 0. The number of unbranched alkanes of at least 4 members (excludes halogenated alkanes) is 1. The van der Waals surface area contributed by atoms with Crippen LogP contribution in [0.2, 0.25) is 0 Å². The average Bonchev–Trinajstić information content (AvgIpc) is 3.05. The molecule has 0 aliphatic carbocycles. The van der Waals surface area contributed by atoms with Crippen molar-refractivity contribution < 1.29 is 14.4 Å². The van der Waals surface area contributed by atoms with Crippen LogP contribution in [0.15, 0.2) is 23.1 Å². The van der Waals surface area contributed by atoms with Gasteiger partial charge in [0, 0.05) is 25.7 Å². The highest BCUT2D eigenvalue weighted by atomic mass is 16.2. The molecule has 0 saturated carbocycles. The summed E-state index contributed by atoms with van der Waals surface area (Å²) in [6.07, 6.45) is 6.44. The van der Waals surface area contributed by atoms with Crippen LogP contribution in [-0.4, -0.2) is 51.3 Å². The Morgan fingerprint density at radius 3 is 2.79 bits per heavy atom. The number of barbiturate groups is 1. The van der Waals surface area contributed by atoms with Gasteiger partial charge in [-0.05, 0) is 37.8 Å². The molecule has 2 atom stereocenters. The van der Waals surface area contributed by atoms with E-state index in [2.05, 4.69) is 5.32 Å². The molecule has 3 aliphatic heterocycles. The van der Waals surface area contributed by atoms with Crippen LogP contribution in [0, 0.1) is 12.3 Å². The van der Waals surface area contributed by atoms with E-state index in [1.807, 2.05) is 24.8 Å². The molecule has 5 heterocycles. The van der Waals surface area contributed by atoms with Crippen LogP contribution in [0.4, 0.5) is 10.6 Å². The van der Waals surface area contributed by atoms with Gasteiger partial charge in [-0.1, -0.05) is 32.3 Å². The Bertz CT molecular complexity index is 1220. The minimum Gasteiger partial charge on any atom is -0.352 e. The van der Waals surface area contributed by atoms with Crippen LogP contribution in [-0.2, 0) is 16.0 Å². The van der Waals surface area contributed by atoms with E-state index in [1.54, 1.807) is 12.3 Å². The van der Waals surface area contributed by atoms with Gasteiger partial charge >= 0.3 is 6.03 Å². The van der Waals surface area contributed by atoms with E-state index in [0.717, 1.165) is 31.2 Å². The first-order valence-electron chi connectivity index (χ1n) is 11.8. The highest BCUT2D eigenvalue weighted by molar-refractivity contribution is 6.20. The maximum atomic E-state index is 13.9. The van der Waals surface area contributed by atoms with E-state index >= 15 is 0 Å². The second-order valence-electron chi connectivity index (χ2n) is 9.38. The second kappa shape index (κ2) is 7.97. The highest BCUT2D eigenvalue weighted by Gasteiger charge is 2.62. The van der Waals surface area contributed by atoms with Crippen molar-refractivity contribution in [3.05, 3.63) is 39.8 Å². The maximum absolute atomic E-state index is 13.9. The van der Waals surface area contributed by atoms with Gasteiger partial charge in [-0.2, -0.15) is 0 Å². The quantitative estimate of drug-likeness (QED) is 0.718. The van der Waals surface area contributed by atoms with E-state index in [9.17, 15) is 19.2 Å². The number of hydrogen-bond acceptors (Lipinski definition) is 6. The monoisotopic (exact) mass is 451 g/mol. The second-order valence-corrected chi connectivity index (χ2v) is 9.38. The van der Waals surface area contributed by atoms with Crippen molar-refractivity contribution in [2.75, 3.05) is 18.0 Å². The zero-order valence-corrected chi connectivity index (χ0v) is 19.1. The number of aryl methyl sites for hydroxylation is 1. The summed E-state index contributed by atoms with van der Waals surface area (Å²) in [6.45, 7) is 4.76. The number of pyridine rings is 1. The predicted octanol–water partition coefficient (Wildman–Crippen LogP) is 2.17. The fourth-order valence-electron chi connectivity index (χ4n) is 5.66. The van der Waals surface area contributed by atoms with Gasteiger partial charge in [-0.15, -0.1) is 0 Å². The van der Waals surface area contributed by atoms with Crippen LogP contribution < -0.4 is 15.8 Å². The van der Waals surface area contributed by atoms with Crippen LogP contribution in [0.25, 0.3) is 5.65 Å². The number of fused-ring (bicyclic) bond motifs is 5. The van der Waals surface area contributed by atoms with Gasteiger partial charge < -0.3 is 4.90 Å². The van der Waals surface area contributed by atoms with Crippen LogP contribution in [0.5, 0.6) is 0 Å². The molecule has 9 nitrogen and oxygen atoms in total. The van der Waals surface area contributed by atoms with E-state index in [0.29, 0.717) is 36.4 Å². The Hall–Kier alpha value is -3.23.